The van der Waals surface area contributed by atoms with Crippen molar-refractivity contribution in [3.63, 3.8) is 0 Å². The normalized spacial score (nSPS) is 11.9. The number of anilines is 1. The van der Waals surface area contributed by atoms with Crippen LogP contribution >= 0.6 is 11.6 Å². The van der Waals surface area contributed by atoms with E-state index in [1.807, 2.05) is 0 Å². The van der Waals surface area contributed by atoms with Crippen molar-refractivity contribution in [1.82, 2.24) is 0 Å². The summed E-state index contributed by atoms with van der Waals surface area (Å²) in [6.07, 6.45) is 0. The van der Waals surface area contributed by atoms with Crippen molar-refractivity contribution in [2.75, 3.05) is 5.32 Å². The number of hydrogen-bond donors (Lipinski definition) is 2. The van der Waals surface area contributed by atoms with Crippen LogP contribution in [0.1, 0.15) is 11.6 Å². The summed E-state index contributed by atoms with van der Waals surface area (Å²) in [5.74, 6) is -2.01. The molecule has 0 heterocycles. The van der Waals surface area contributed by atoms with E-state index in [0.29, 0.717) is 5.69 Å². The summed E-state index contributed by atoms with van der Waals surface area (Å²) in [5, 5.41) is 2.57. The van der Waals surface area contributed by atoms with Gasteiger partial charge < -0.3 is 11.1 Å². The van der Waals surface area contributed by atoms with Gasteiger partial charge in [0.1, 0.15) is 17.7 Å². The number of halogens is 3. The van der Waals surface area contributed by atoms with E-state index in [-0.39, 0.29) is 10.6 Å². The first kappa shape index (κ1) is 14.3. The highest BCUT2D eigenvalue weighted by Crippen LogP contribution is 2.26. The second-order valence-electron chi connectivity index (χ2n) is 4.13. The van der Waals surface area contributed by atoms with Crippen molar-refractivity contribution >= 4 is 23.2 Å². The Balaban J connectivity index is 2.37. The molecule has 0 aliphatic rings. The molecule has 2 aromatic carbocycles. The van der Waals surface area contributed by atoms with Gasteiger partial charge in [-0.05, 0) is 24.3 Å². The van der Waals surface area contributed by atoms with Gasteiger partial charge in [0.2, 0.25) is 5.91 Å². The Morgan fingerprint density at radius 2 is 1.90 bits per heavy atom. The largest absolute Gasteiger partial charge is 0.370 e. The maximum Gasteiger partial charge on any atom is 0.244 e. The van der Waals surface area contributed by atoms with Crippen molar-refractivity contribution in [1.29, 1.82) is 0 Å². The SMILES string of the molecule is NC(=O)C(Nc1cccc(F)c1)c1cccc(Cl)c1F. The number of carbonyl (C=O) groups excluding carboxylic acids is 1. The fourth-order valence-electron chi connectivity index (χ4n) is 1.79. The summed E-state index contributed by atoms with van der Waals surface area (Å²) in [7, 11) is 0. The summed E-state index contributed by atoms with van der Waals surface area (Å²) in [6, 6.07) is 8.55. The molecule has 20 heavy (non-hydrogen) atoms. The first-order chi connectivity index (χ1) is 9.49. The fraction of sp³-hybridized carbons (Fsp3) is 0.0714. The standard InChI is InChI=1S/C14H11ClF2N2O/c15-11-6-2-5-10(12(11)17)13(14(18)20)19-9-4-1-3-8(16)7-9/h1-7,13,19H,(H2,18,20). The third kappa shape index (κ3) is 3.05. The smallest absolute Gasteiger partial charge is 0.244 e. The van der Waals surface area contributed by atoms with E-state index in [4.69, 9.17) is 17.3 Å². The van der Waals surface area contributed by atoms with Crippen molar-refractivity contribution in [3.8, 4) is 0 Å². The minimum Gasteiger partial charge on any atom is -0.370 e. The number of carbonyl (C=O) groups is 1. The fourth-order valence-corrected chi connectivity index (χ4v) is 1.97. The minimum atomic E-state index is -1.14. The molecule has 1 unspecified atom stereocenters. The van der Waals surface area contributed by atoms with Crippen molar-refractivity contribution in [2.45, 2.75) is 6.04 Å². The van der Waals surface area contributed by atoms with Crippen LogP contribution in [0.25, 0.3) is 0 Å². The molecular formula is C14H11ClF2N2O. The van der Waals surface area contributed by atoms with Crippen LogP contribution in [-0.4, -0.2) is 5.91 Å². The average molecular weight is 297 g/mol. The molecule has 3 nitrogen and oxygen atoms in total. The molecule has 104 valence electrons. The summed E-state index contributed by atoms with van der Waals surface area (Å²) in [6.45, 7) is 0. The molecule has 1 amide bonds. The van der Waals surface area contributed by atoms with E-state index in [1.165, 1.54) is 36.4 Å². The molecule has 0 spiro atoms. The first-order valence-corrected chi connectivity index (χ1v) is 6.12. The Labute approximate surface area is 119 Å². The topological polar surface area (TPSA) is 55.1 Å². The van der Waals surface area contributed by atoms with Gasteiger partial charge in [0.15, 0.2) is 0 Å². The highest BCUT2D eigenvalue weighted by atomic mass is 35.5. The number of nitrogens with one attached hydrogen (secondary N) is 1. The maximum atomic E-state index is 13.9. The summed E-state index contributed by atoms with van der Waals surface area (Å²) in [5.41, 5.74) is 5.59. The van der Waals surface area contributed by atoms with Gasteiger partial charge in [-0.2, -0.15) is 0 Å². The maximum absolute atomic E-state index is 13.9. The lowest BCUT2D eigenvalue weighted by atomic mass is 10.1. The molecule has 0 saturated heterocycles. The van der Waals surface area contributed by atoms with Crippen molar-refractivity contribution < 1.29 is 13.6 Å². The summed E-state index contributed by atoms with van der Waals surface area (Å²) < 4.78 is 27.1. The van der Waals surface area contributed by atoms with Crippen LogP contribution in [0.4, 0.5) is 14.5 Å². The van der Waals surface area contributed by atoms with Gasteiger partial charge in [0, 0.05) is 11.3 Å². The summed E-state index contributed by atoms with van der Waals surface area (Å²) >= 11 is 5.68. The molecule has 3 N–H and O–H groups in total. The molecule has 0 aliphatic heterocycles. The predicted octanol–water partition coefficient (Wildman–Crippen LogP) is 3.26. The lowest BCUT2D eigenvalue weighted by molar-refractivity contribution is -0.118. The second kappa shape index (κ2) is 5.88. The average Bonchev–Trinajstić information content (AvgIpc) is 2.39. The Bertz CT molecular complexity index is 649. The van der Waals surface area contributed by atoms with Gasteiger partial charge in [-0.25, -0.2) is 8.78 Å². The number of rotatable bonds is 4. The van der Waals surface area contributed by atoms with Crippen LogP contribution in [-0.2, 0) is 4.79 Å². The molecule has 0 fully saturated rings. The highest BCUT2D eigenvalue weighted by molar-refractivity contribution is 6.30. The molecular weight excluding hydrogens is 286 g/mol. The molecule has 2 rings (SSSR count). The Hall–Kier alpha value is -2.14. The molecule has 6 heteroatoms. The lowest BCUT2D eigenvalue weighted by Crippen LogP contribution is -2.28. The second-order valence-corrected chi connectivity index (χ2v) is 4.54. The quantitative estimate of drug-likeness (QED) is 0.910. The molecule has 0 saturated carbocycles. The van der Waals surface area contributed by atoms with Gasteiger partial charge in [0.25, 0.3) is 0 Å². The molecule has 0 bridgehead atoms. The number of amides is 1. The van der Waals surface area contributed by atoms with Crippen LogP contribution < -0.4 is 11.1 Å². The highest BCUT2D eigenvalue weighted by Gasteiger charge is 2.22. The van der Waals surface area contributed by atoms with Crippen LogP contribution in [0.15, 0.2) is 42.5 Å². The van der Waals surface area contributed by atoms with Crippen molar-refractivity contribution in [2.24, 2.45) is 5.73 Å². The monoisotopic (exact) mass is 296 g/mol. The van der Waals surface area contributed by atoms with Crippen LogP contribution in [0.5, 0.6) is 0 Å². The zero-order valence-corrected chi connectivity index (χ0v) is 11.0. The van der Waals surface area contributed by atoms with E-state index >= 15 is 0 Å². The van der Waals surface area contributed by atoms with Crippen LogP contribution in [0, 0.1) is 11.6 Å². The number of hydrogen-bond acceptors (Lipinski definition) is 2. The Morgan fingerprint density at radius 1 is 1.20 bits per heavy atom. The van der Waals surface area contributed by atoms with E-state index in [0.717, 1.165) is 0 Å². The molecule has 0 aliphatic carbocycles. The van der Waals surface area contributed by atoms with Crippen LogP contribution in [0.3, 0.4) is 0 Å². The van der Waals surface area contributed by atoms with E-state index in [1.54, 1.807) is 6.07 Å². The molecule has 2 aromatic rings. The van der Waals surface area contributed by atoms with E-state index in [2.05, 4.69) is 5.32 Å². The first-order valence-electron chi connectivity index (χ1n) is 5.74. The summed E-state index contributed by atoms with van der Waals surface area (Å²) in [4.78, 5) is 11.5. The lowest BCUT2D eigenvalue weighted by Gasteiger charge is -2.18. The van der Waals surface area contributed by atoms with Gasteiger partial charge in [-0.3, -0.25) is 4.79 Å². The predicted molar refractivity (Wildman–Crippen MR) is 73.4 cm³/mol. The third-order valence-electron chi connectivity index (χ3n) is 2.71. The molecule has 0 aromatic heterocycles. The minimum absolute atomic E-state index is 0.00858. The number of nitrogens with two attached hydrogens (primary N) is 1. The Kier molecular flexibility index (Phi) is 4.20. The van der Waals surface area contributed by atoms with Gasteiger partial charge in [0.05, 0.1) is 5.02 Å². The molecule has 0 radical (unpaired) electrons. The van der Waals surface area contributed by atoms with Gasteiger partial charge >= 0.3 is 0 Å². The number of benzene rings is 2. The zero-order chi connectivity index (χ0) is 14.7. The Morgan fingerprint density at radius 3 is 2.55 bits per heavy atom. The van der Waals surface area contributed by atoms with Gasteiger partial charge in [-0.1, -0.05) is 29.8 Å². The third-order valence-corrected chi connectivity index (χ3v) is 3.00. The van der Waals surface area contributed by atoms with E-state index in [9.17, 15) is 13.6 Å². The zero-order valence-electron chi connectivity index (χ0n) is 10.2. The number of primary amides is 1. The molecule has 1 atom stereocenters. The van der Waals surface area contributed by atoms with E-state index < -0.39 is 23.6 Å². The van der Waals surface area contributed by atoms with Gasteiger partial charge in [-0.15, -0.1) is 0 Å². The van der Waals surface area contributed by atoms with Crippen LogP contribution in [0.2, 0.25) is 5.02 Å². The van der Waals surface area contributed by atoms with Crippen molar-refractivity contribution in [3.05, 3.63) is 64.7 Å².